The second-order valence-corrected chi connectivity index (χ2v) is 10.0. The second-order valence-electron chi connectivity index (χ2n) is 7.42. The van der Waals surface area contributed by atoms with Crippen LogP contribution in [0.15, 0.2) is 43.0 Å². The molecule has 33 heavy (non-hydrogen) atoms. The smallest absolute Gasteiger partial charge is 0.324 e. The molecule has 0 N–H and O–H groups in total. The van der Waals surface area contributed by atoms with Gasteiger partial charge in [0.2, 0.25) is 0 Å². The molecule has 1 amide bonds. The van der Waals surface area contributed by atoms with E-state index in [1.165, 1.54) is 28.3 Å². The van der Waals surface area contributed by atoms with Gasteiger partial charge >= 0.3 is 6.18 Å². The van der Waals surface area contributed by atoms with Gasteiger partial charge in [0.15, 0.2) is 15.7 Å². The van der Waals surface area contributed by atoms with Crippen molar-refractivity contribution in [2.45, 2.75) is 25.2 Å². The highest BCUT2D eigenvalue weighted by atomic mass is 35.5. The largest absolute Gasteiger partial charge is 0.416 e. The predicted molar refractivity (Wildman–Crippen MR) is 110 cm³/mol. The van der Waals surface area contributed by atoms with Crippen LogP contribution in [0.5, 0.6) is 0 Å². The summed E-state index contributed by atoms with van der Waals surface area (Å²) in [5, 5.41) is 3.79. The van der Waals surface area contributed by atoms with E-state index in [2.05, 4.69) is 20.1 Å². The first-order chi connectivity index (χ1) is 15.5. The summed E-state index contributed by atoms with van der Waals surface area (Å²) in [4.78, 5) is 26.9. The molecule has 1 unspecified atom stereocenters. The molecule has 14 heteroatoms. The maximum absolute atomic E-state index is 13.4. The fourth-order valence-electron chi connectivity index (χ4n) is 3.60. The fraction of sp³-hybridized carbons (Fsp3) is 0.316. The van der Waals surface area contributed by atoms with Crippen LogP contribution in [0.25, 0.3) is 5.95 Å². The van der Waals surface area contributed by atoms with E-state index in [1.807, 2.05) is 0 Å². The summed E-state index contributed by atoms with van der Waals surface area (Å²) in [6.45, 7) is 1.57. The molecule has 1 aliphatic rings. The molecule has 1 fully saturated rings. The highest BCUT2D eigenvalue weighted by molar-refractivity contribution is 7.92. The second kappa shape index (κ2) is 8.37. The van der Waals surface area contributed by atoms with Gasteiger partial charge in [-0.2, -0.15) is 23.0 Å². The first-order valence-electron chi connectivity index (χ1n) is 9.54. The number of hydrogen-bond acceptors (Lipinski definition) is 7. The Morgan fingerprint density at radius 1 is 1.18 bits per heavy atom. The van der Waals surface area contributed by atoms with Gasteiger partial charge < -0.3 is 4.90 Å². The molecule has 0 aliphatic carbocycles. The molecular formula is C19H16ClF3N6O3S. The van der Waals surface area contributed by atoms with Crippen LogP contribution in [0.1, 0.15) is 34.7 Å². The Bertz CT molecular complexity index is 1290. The molecule has 1 aromatic carbocycles. The van der Waals surface area contributed by atoms with Crippen LogP contribution in [0, 0.1) is 0 Å². The molecule has 1 atom stereocenters. The Kier molecular flexibility index (Phi) is 5.86. The van der Waals surface area contributed by atoms with E-state index in [4.69, 9.17) is 11.6 Å². The Morgan fingerprint density at radius 3 is 2.45 bits per heavy atom. The third-order valence-corrected chi connectivity index (χ3v) is 7.10. The van der Waals surface area contributed by atoms with E-state index in [0.29, 0.717) is 12.1 Å². The lowest BCUT2D eigenvalue weighted by atomic mass is 10.1. The minimum atomic E-state index is -4.72. The highest BCUT2D eigenvalue weighted by Gasteiger charge is 2.44. The maximum Gasteiger partial charge on any atom is 0.416 e. The average Bonchev–Trinajstić information content (AvgIpc) is 3.22. The maximum atomic E-state index is 13.4. The van der Waals surface area contributed by atoms with Gasteiger partial charge in [-0.1, -0.05) is 11.6 Å². The van der Waals surface area contributed by atoms with Crippen molar-refractivity contribution in [1.82, 2.24) is 29.6 Å². The molecule has 4 rings (SSSR count). The van der Waals surface area contributed by atoms with E-state index < -0.39 is 39.6 Å². The molecule has 0 bridgehead atoms. The Morgan fingerprint density at radius 2 is 1.85 bits per heavy atom. The van der Waals surface area contributed by atoms with Gasteiger partial charge in [-0.25, -0.2) is 23.4 Å². The van der Waals surface area contributed by atoms with Gasteiger partial charge in [-0.05, 0) is 31.2 Å². The normalized spacial score (nSPS) is 16.8. The van der Waals surface area contributed by atoms with Crippen molar-refractivity contribution < 1.29 is 26.4 Å². The summed E-state index contributed by atoms with van der Waals surface area (Å²) in [6, 6.07) is 2.45. The molecule has 3 aromatic rings. The molecule has 1 aliphatic heterocycles. The summed E-state index contributed by atoms with van der Waals surface area (Å²) >= 11 is 5.85. The number of carbonyl (C=O) groups excluding carboxylic acids is 1. The van der Waals surface area contributed by atoms with Gasteiger partial charge in [0.1, 0.15) is 6.33 Å². The van der Waals surface area contributed by atoms with Crippen molar-refractivity contribution in [2.24, 2.45) is 0 Å². The van der Waals surface area contributed by atoms with E-state index in [-0.39, 0.29) is 33.9 Å². The molecular weight excluding hydrogens is 485 g/mol. The number of carbonyl (C=O) groups is 1. The number of rotatable bonds is 5. The number of alkyl halides is 3. The monoisotopic (exact) mass is 500 g/mol. The van der Waals surface area contributed by atoms with E-state index in [1.54, 1.807) is 13.0 Å². The third kappa shape index (κ3) is 4.69. The molecule has 0 radical (unpaired) electrons. The van der Waals surface area contributed by atoms with Crippen LogP contribution < -0.4 is 0 Å². The predicted octanol–water partition coefficient (Wildman–Crippen LogP) is 2.73. The minimum absolute atomic E-state index is 0.160. The number of sulfone groups is 1. The van der Waals surface area contributed by atoms with Crippen molar-refractivity contribution in [2.75, 3.05) is 11.5 Å². The van der Waals surface area contributed by atoms with Gasteiger partial charge in [0.05, 0.1) is 29.2 Å². The zero-order chi connectivity index (χ0) is 24.0. The van der Waals surface area contributed by atoms with Crippen molar-refractivity contribution in [1.29, 1.82) is 0 Å². The van der Waals surface area contributed by atoms with E-state index in [0.717, 1.165) is 6.07 Å². The first kappa shape index (κ1) is 23.1. The van der Waals surface area contributed by atoms with Crippen LogP contribution in [0.2, 0.25) is 5.02 Å². The summed E-state index contributed by atoms with van der Waals surface area (Å²) in [7, 11) is -3.36. The van der Waals surface area contributed by atoms with Gasteiger partial charge in [0, 0.05) is 23.0 Å². The zero-order valence-corrected chi connectivity index (χ0v) is 18.5. The SMILES string of the molecule is CC(c1ncnn1-c1ncccn1)N(C(=O)c1cc(Cl)cc(C(F)(F)F)c1)C1CS(=O)(=O)C1. The molecule has 0 spiro atoms. The summed E-state index contributed by atoms with van der Waals surface area (Å²) in [5.74, 6) is -1.11. The number of nitrogens with zero attached hydrogens (tertiary/aromatic N) is 6. The minimum Gasteiger partial charge on any atom is -0.324 e. The third-order valence-electron chi connectivity index (χ3n) is 5.10. The quantitative estimate of drug-likeness (QED) is 0.529. The molecule has 0 saturated carbocycles. The van der Waals surface area contributed by atoms with Crippen molar-refractivity contribution in [3.63, 3.8) is 0 Å². The van der Waals surface area contributed by atoms with E-state index in [9.17, 15) is 26.4 Å². The lowest BCUT2D eigenvalue weighted by Gasteiger charge is -2.40. The molecule has 1 saturated heterocycles. The Balaban J connectivity index is 1.76. The summed E-state index contributed by atoms with van der Waals surface area (Å²) < 4.78 is 64.8. The Labute approximate surface area is 191 Å². The highest BCUT2D eigenvalue weighted by Crippen LogP contribution is 2.34. The number of benzene rings is 1. The number of halogens is 4. The fourth-order valence-corrected chi connectivity index (χ4v) is 5.23. The zero-order valence-electron chi connectivity index (χ0n) is 16.9. The van der Waals surface area contributed by atoms with Crippen LogP contribution in [0.4, 0.5) is 13.2 Å². The van der Waals surface area contributed by atoms with Gasteiger partial charge in [-0.3, -0.25) is 4.79 Å². The average molecular weight is 501 g/mol. The molecule has 2 aromatic heterocycles. The van der Waals surface area contributed by atoms with Gasteiger partial charge in [0.25, 0.3) is 11.9 Å². The molecule has 9 nitrogen and oxygen atoms in total. The van der Waals surface area contributed by atoms with Crippen LogP contribution in [-0.4, -0.2) is 61.5 Å². The number of hydrogen-bond donors (Lipinski definition) is 0. The first-order valence-corrected chi connectivity index (χ1v) is 11.7. The lowest BCUT2D eigenvalue weighted by molar-refractivity contribution is -0.137. The van der Waals surface area contributed by atoms with Crippen molar-refractivity contribution in [3.05, 3.63) is 65.0 Å². The molecule has 174 valence electrons. The number of aromatic nitrogens is 5. The Hall–Kier alpha value is -3.06. The molecule has 3 heterocycles. The van der Waals surface area contributed by atoms with Crippen LogP contribution >= 0.6 is 11.6 Å². The van der Waals surface area contributed by atoms with E-state index >= 15 is 0 Å². The van der Waals surface area contributed by atoms with Crippen LogP contribution in [0.3, 0.4) is 0 Å². The topological polar surface area (TPSA) is 111 Å². The summed E-state index contributed by atoms with van der Waals surface area (Å²) in [6.07, 6.45) is -0.556. The van der Waals surface area contributed by atoms with Crippen molar-refractivity contribution >= 4 is 27.3 Å². The summed E-state index contributed by atoms with van der Waals surface area (Å²) in [5.41, 5.74) is -1.42. The number of amides is 1. The standard InChI is InChI=1S/C19H16ClF3N6O3S/c1-11(16-26-10-27-29(16)18-24-3-2-4-25-18)28(15-8-33(31,32)9-15)17(30)12-5-13(19(21,22)23)7-14(20)6-12/h2-7,10-11,15H,8-9H2,1H3. The van der Waals surface area contributed by atoms with Crippen molar-refractivity contribution in [3.8, 4) is 5.95 Å². The lowest BCUT2D eigenvalue weighted by Crippen LogP contribution is -2.56. The van der Waals surface area contributed by atoms with Crippen LogP contribution in [-0.2, 0) is 16.0 Å². The van der Waals surface area contributed by atoms with Gasteiger partial charge in [-0.15, -0.1) is 0 Å².